The predicted octanol–water partition coefficient (Wildman–Crippen LogP) is 3.11. The van der Waals surface area contributed by atoms with Gasteiger partial charge in [0.15, 0.2) is 0 Å². The molecule has 3 rings (SSSR count). The van der Waals surface area contributed by atoms with Gasteiger partial charge in [0.2, 0.25) is 0 Å². The number of aromatic nitrogens is 1. The van der Waals surface area contributed by atoms with Crippen LogP contribution in [0.15, 0.2) is 11.0 Å². The zero-order chi connectivity index (χ0) is 11.7. The summed E-state index contributed by atoms with van der Waals surface area (Å²) in [6, 6.07) is 2.33. The summed E-state index contributed by atoms with van der Waals surface area (Å²) in [6.45, 7) is 1.47. The standard InChI is InChI=1S/C13H14N2OS/c14-7-11(9-3-5-16-6-4-9)13-15-12(8-17-13)10-1-2-10/h8,10H,1-6H2. The van der Waals surface area contributed by atoms with Gasteiger partial charge in [-0.2, -0.15) is 5.26 Å². The van der Waals surface area contributed by atoms with Gasteiger partial charge < -0.3 is 4.74 Å². The normalized spacial score (nSPS) is 20.1. The van der Waals surface area contributed by atoms with Gasteiger partial charge >= 0.3 is 0 Å². The maximum atomic E-state index is 9.31. The van der Waals surface area contributed by atoms with E-state index in [1.807, 2.05) is 0 Å². The Balaban J connectivity index is 1.90. The summed E-state index contributed by atoms with van der Waals surface area (Å²) in [6.07, 6.45) is 4.27. The first-order valence-electron chi connectivity index (χ1n) is 6.04. The van der Waals surface area contributed by atoms with Crippen molar-refractivity contribution in [1.82, 2.24) is 4.98 Å². The van der Waals surface area contributed by atoms with Crippen molar-refractivity contribution in [2.75, 3.05) is 13.2 Å². The molecule has 1 saturated carbocycles. The summed E-state index contributed by atoms with van der Waals surface area (Å²) in [5, 5.41) is 12.3. The van der Waals surface area contributed by atoms with Crippen LogP contribution in [0, 0.1) is 11.3 Å². The second-order valence-electron chi connectivity index (χ2n) is 4.55. The Hall–Kier alpha value is -1.18. The fraction of sp³-hybridized carbons (Fsp3) is 0.538. The zero-order valence-corrected chi connectivity index (χ0v) is 10.4. The van der Waals surface area contributed by atoms with Crippen LogP contribution in [0.4, 0.5) is 0 Å². The SMILES string of the molecule is N#CC(=C1CCOCC1)c1nc(C2CC2)cs1. The van der Waals surface area contributed by atoms with Crippen LogP contribution in [0.25, 0.3) is 5.57 Å². The van der Waals surface area contributed by atoms with E-state index in [0.717, 1.165) is 36.6 Å². The minimum Gasteiger partial charge on any atom is -0.381 e. The van der Waals surface area contributed by atoms with Crippen LogP contribution in [0.5, 0.6) is 0 Å². The molecule has 0 atom stereocenters. The highest BCUT2D eigenvalue weighted by atomic mass is 32.1. The molecule has 2 heterocycles. The molecular weight excluding hydrogens is 232 g/mol. The Labute approximate surface area is 105 Å². The largest absolute Gasteiger partial charge is 0.381 e. The Bertz CT molecular complexity index is 486. The van der Waals surface area contributed by atoms with Gasteiger partial charge in [-0.3, -0.25) is 0 Å². The van der Waals surface area contributed by atoms with E-state index in [2.05, 4.69) is 16.4 Å². The second kappa shape index (κ2) is 4.59. The first-order valence-corrected chi connectivity index (χ1v) is 6.92. The fourth-order valence-electron chi connectivity index (χ4n) is 2.11. The van der Waals surface area contributed by atoms with E-state index in [-0.39, 0.29) is 0 Å². The second-order valence-corrected chi connectivity index (χ2v) is 5.41. The number of allylic oxidation sites excluding steroid dienone is 1. The van der Waals surface area contributed by atoms with Gasteiger partial charge in [0.25, 0.3) is 0 Å². The predicted molar refractivity (Wildman–Crippen MR) is 66.7 cm³/mol. The van der Waals surface area contributed by atoms with Crippen LogP contribution in [0.3, 0.4) is 0 Å². The number of hydrogen-bond acceptors (Lipinski definition) is 4. The third-order valence-corrected chi connectivity index (χ3v) is 4.17. The highest BCUT2D eigenvalue weighted by molar-refractivity contribution is 7.10. The lowest BCUT2D eigenvalue weighted by atomic mass is 10.0. The molecule has 1 aromatic heterocycles. The van der Waals surface area contributed by atoms with Crippen molar-refractivity contribution in [3.8, 4) is 6.07 Å². The third kappa shape index (κ3) is 2.26. The number of nitriles is 1. The fourth-order valence-corrected chi connectivity index (χ4v) is 3.06. The highest BCUT2D eigenvalue weighted by Crippen LogP contribution is 2.41. The molecule has 0 unspecified atom stereocenters. The van der Waals surface area contributed by atoms with Crippen molar-refractivity contribution < 1.29 is 4.74 Å². The number of ether oxygens (including phenoxy) is 1. The lowest BCUT2D eigenvalue weighted by Crippen LogP contribution is -2.08. The van der Waals surface area contributed by atoms with Gasteiger partial charge in [-0.05, 0) is 31.3 Å². The van der Waals surface area contributed by atoms with E-state index in [1.165, 1.54) is 24.1 Å². The molecule has 3 nitrogen and oxygen atoms in total. The summed E-state index contributed by atoms with van der Waals surface area (Å²) in [5.74, 6) is 0.666. The highest BCUT2D eigenvalue weighted by Gasteiger charge is 2.27. The maximum Gasteiger partial charge on any atom is 0.134 e. The van der Waals surface area contributed by atoms with Crippen molar-refractivity contribution in [1.29, 1.82) is 5.26 Å². The maximum absolute atomic E-state index is 9.31. The van der Waals surface area contributed by atoms with Crippen LogP contribution in [-0.2, 0) is 4.74 Å². The smallest absolute Gasteiger partial charge is 0.134 e. The minimum absolute atomic E-state index is 0.666. The van der Waals surface area contributed by atoms with E-state index >= 15 is 0 Å². The molecule has 4 heteroatoms. The molecule has 0 amide bonds. The molecule has 1 aliphatic carbocycles. The van der Waals surface area contributed by atoms with Crippen LogP contribution in [0.2, 0.25) is 0 Å². The molecule has 0 aromatic carbocycles. The van der Waals surface area contributed by atoms with E-state index in [4.69, 9.17) is 4.74 Å². The molecule has 1 aliphatic heterocycles. The van der Waals surface area contributed by atoms with Crippen molar-refractivity contribution >= 4 is 16.9 Å². The van der Waals surface area contributed by atoms with Crippen molar-refractivity contribution in [2.24, 2.45) is 0 Å². The van der Waals surface area contributed by atoms with Crippen LogP contribution >= 0.6 is 11.3 Å². The van der Waals surface area contributed by atoms with Crippen molar-refractivity contribution in [2.45, 2.75) is 31.6 Å². The van der Waals surface area contributed by atoms with E-state index < -0.39 is 0 Å². The zero-order valence-electron chi connectivity index (χ0n) is 9.61. The molecule has 0 spiro atoms. The first kappa shape index (κ1) is 10.9. The van der Waals surface area contributed by atoms with Gasteiger partial charge in [-0.1, -0.05) is 0 Å². The minimum atomic E-state index is 0.666. The van der Waals surface area contributed by atoms with E-state index in [1.54, 1.807) is 11.3 Å². The van der Waals surface area contributed by atoms with Crippen LogP contribution in [-0.4, -0.2) is 18.2 Å². The van der Waals surface area contributed by atoms with Crippen molar-refractivity contribution in [3.05, 3.63) is 21.7 Å². The van der Waals surface area contributed by atoms with Gasteiger partial charge in [0.1, 0.15) is 11.1 Å². The lowest BCUT2D eigenvalue weighted by molar-refractivity contribution is 0.119. The average Bonchev–Trinajstić information content (AvgIpc) is 3.12. The monoisotopic (exact) mass is 246 g/mol. The summed E-state index contributed by atoms with van der Waals surface area (Å²) in [4.78, 5) is 4.62. The first-order chi connectivity index (χ1) is 8.38. The summed E-state index contributed by atoms with van der Waals surface area (Å²) >= 11 is 1.61. The molecular formula is C13H14N2OS. The summed E-state index contributed by atoms with van der Waals surface area (Å²) in [5.41, 5.74) is 3.20. The summed E-state index contributed by atoms with van der Waals surface area (Å²) < 4.78 is 5.32. The molecule has 2 aliphatic rings. The third-order valence-electron chi connectivity index (χ3n) is 3.29. The number of hydrogen-bond donors (Lipinski definition) is 0. The molecule has 88 valence electrons. The Morgan fingerprint density at radius 3 is 2.82 bits per heavy atom. The molecule has 0 N–H and O–H groups in total. The molecule has 0 bridgehead atoms. The van der Waals surface area contributed by atoms with E-state index in [0.29, 0.717) is 5.92 Å². The van der Waals surface area contributed by atoms with Gasteiger partial charge in [-0.15, -0.1) is 11.3 Å². The molecule has 2 fully saturated rings. The van der Waals surface area contributed by atoms with Crippen molar-refractivity contribution in [3.63, 3.8) is 0 Å². The van der Waals surface area contributed by atoms with Gasteiger partial charge in [0.05, 0.1) is 24.5 Å². The Kier molecular flexibility index (Phi) is 2.96. The van der Waals surface area contributed by atoms with E-state index in [9.17, 15) is 5.26 Å². The lowest BCUT2D eigenvalue weighted by Gasteiger charge is -2.15. The molecule has 17 heavy (non-hydrogen) atoms. The number of rotatable bonds is 2. The molecule has 1 saturated heterocycles. The van der Waals surface area contributed by atoms with Crippen LogP contribution in [0.1, 0.15) is 42.3 Å². The summed E-state index contributed by atoms with van der Waals surface area (Å²) in [7, 11) is 0. The Morgan fingerprint density at radius 1 is 1.41 bits per heavy atom. The number of thiazole rings is 1. The van der Waals surface area contributed by atoms with Gasteiger partial charge in [0, 0.05) is 11.3 Å². The molecule has 0 radical (unpaired) electrons. The average molecular weight is 246 g/mol. The van der Waals surface area contributed by atoms with Crippen LogP contribution < -0.4 is 0 Å². The van der Waals surface area contributed by atoms with Gasteiger partial charge in [-0.25, -0.2) is 4.98 Å². The quantitative estimate of drug-likeness (QED) is 0.753. The topological polar surface area (TPSA) is 45.9 Å². The number of nitrogens with zero attached hydrogens (tertiary/aromatic N) is 2. The Morgan fingerprint density at radius 2 is 2.18 bits per heavy atom. The molecule has 1 aromatic rings.